The zero-order chi connectivity index (χ0) is 16.2. The Labute approximate surface area is 139 Å². The first-order valence-corrected chi connectivity index (χ1v) is 8.47. The molecule has 5 nitrogen and oxygen atoms in total. The van der Waals surface area contributed by atoms with Gasteiger partial charge < -0.3 is 15.5 Å². The molecule has 1 atom stereocenters. The van der Waals surface area contributed by atoms with Crippen molar-refractivity contribution in [3.63, 3.8) is 0 Å². The first-order valence-electron chi connectivity index (χ1n) is 7.59. The summed E-state index contributed by atoms with van der Waals surface area (Å²) in [6.07, 6.45) is 0. The lowest BCUT2D eigenvalue weighted by Crippen LogP contribution is -2.52. The molecule has 0 radical (unpaired) electrons. The van der Waals surface area contributed by atoms with Gasteiger partial charge in [-0.3, -0.25) is 9.59 Å². The quantitative estimate of drug-likeness (QED) is 0.932. The van der Waals surface area contributed by atoms with Crippen LogP contribution in [0.25, 0.3) is 0 Å². The lowest BCUT2D eigenvalue weighted by molar-refractivity contribution is -0.134. The molecule has 3 rings (SSSR count). The van der Waals surface area contributed by atoms with Gasteiger partial charge in [-0.2, -0.15) is 0 Å². The third kappa shape index (κ3) is 3.43. The Morgan fingerprint density at radius 1 is 0.957 bits per heavy atom. The predicted octanol–water partition coefficient (Wildman–Crippen LogP) is 1.73. The molecule has 0 bridgehead atoms. The number of hydrogen-bond donors (Lipinski definition) is 1. The predicted molar refractivity (Wildman–Crippen MR) is 90.2 cm³/mol. The van der Waals surface area contributed by atoms with E-state index in [0.29, 0.717) is 26.2 Å². The summed E-state index contributed by atoms with van der Waals surface area (Å²) in [7, 11) is 0. The van der Waals surface area contributed by atoms with Crippen LogP contribution in [0.2, 0.25) is 0 Å². The van der Waals surface area contributed by atoms with Crippen molar-refractivity contribution in [3.05, 3.63) is 58.3 Å². The smallest absolute Gasteiger partial charge is 0.264 e. The van der Waals surface area contributed by atoms with Gasteiger partial charge in [0.25, 0.3) is 5.91 Å². The largest absolute Gasteiger partial charge is 0.337 e. The maximum atomic E-state index is 12.5. The molecule has 2 N–H and O–H groups in total. The number of carbonyl (C=O) groups is 2. The van der Waals surface area contributed by atoms with Gasteiger partial charge in [0, 0.05) is 26.2 Å². The van der Waals surface area contributed by atoms with E-state index >= 15 is 0 Å². The molecule has 23 heavy (non-hydrogen) atoms. The molecular weight excluding hydrogens is 310 g/mol. The summed E-state index contributed by atoms with van der Waals surface area (Å²) in [6, 6.07) is 12.4. The van der Waals surface area contributed by atoms with Crippen molar-refractivity contribution in [3.8, 4) is 0 Å². The molecule has 1 saturated heterocycles. The Bertz CT molecular complexity index is 664. The van der Waals surface area contributed by atoms with Gasteiger partial charge in [0.15, 0.2) is 0 Å². The van der Waals surface area contributed by atoms with Crippen LogP contribution in [0.15, 0.2) is 47.8 Å². The third-order valence-electron chi connectivity index (χ3n) is 4.04. The summed E-state index contributed by atoms with van der Waals surface area (Å²) >= 11 is 1.44. The highest BCUT2D eigenvalue weighted by Crippen LogP contribution is 2.17. The van der Waals surface area contributed by atoms with E-state index in [2.05, 4.69) is 0 Å². The molecule has 1 aromatic carbocycles. The van der Waals surface area contributed by atoms with Crippen LogP contribution in [0.3, 0.4) is 0 Å². The Kier molecular flexibility index (Phi) is 4.73. The second kappa shape index (κ2) is 6.93. The van der Waals surface area contributed by atoms with Crippen molar-refractivity contribution in [2.45, 2.75) is 6.04 Å². The van der Waals surface area contributed by atoms with Gasteiger partial charge in [-0.25, -0.2) is 0 Å². The fourth-order valence-corrected chi connectivity index (χ4v) is 3.38. The van der Waals surface area contributed by atoms with Crippen LogP contribution in [-0.2, 0) is 4.79 Å². The minimum absolute atomic E-state index is 0.0412. The van der Waals surface area contributed by atoms with Gasteiger partial charge in [0.05, 0.1) is 4.88 Å². The van der Waals surface area contributed by atoms with E-state index in [1.807, 2.05) is 47.8 Å². The Morgan fingerprint density at radius 2 is 1.61 bits per heavy atom. The number of rotatable bonds is 3. The summed E-state index contributed by atoms with van der Waals surface area (Å²) in [6.45, 7) is 2.14. The Morgan fingerprint density at radius 3 is 2.22 bits per heavy atom. The molecule has 1 fully saturated rings. The van der Waals surface area contributed by atoms with E-state index < -0.39 is 6.04 Å². The molecule has 2 aromatic rings. The van der Waals surface area contributed by atoms with Crippen molar-refractivity contribution in [1.82, 2.24) is 9.80 Å². The second-order valence-corrected chi connectivity index (χ2v) is 6.43. The van der Waals surface area contributed by atoms with Crippen molar-refractivity contribution < 1.29 is 9.59 Å². The average Bonchev–Trinajstić information content (AvgIpc) is 3.15. The van der Waals surface area contributed by atoms with Crippen LogP contribution in [0.1, 0.15) is 21.3 Å². The van der Waals surface area contributed by atoms with Gasteiger partial charge in [0.2, 0.25) is 5.91 Å². The van der Waals surface area contributed by atoms with E-state index in [9.17, 15) is 9.59 Å². The summed E-state index contributed by atoms with van der Waals surface area (Å²) in [5.74, 6) is -0.0427. The number of carbonyl (C=O) groups excluding carboxylic acids is 2. The first-order chi connectivity index (χ1) is 11.2. The number of hydrogen-bond acceptors (Lipinski definition) is 4. The lowest BCUT2D eigenvalue weighted by atomic mass is 10.1. The maximum absolute atomic E-state index is 12.5. The van der Waals surface area contributed by atoms with Crippen LogP contribution in [0.4, 0.5) is 0 Å². The molecule has 0 aliphatic carbocycles. The van der Waals surface area contributed by atoms with Gasteiger partial charge in [-0.05, 0) is 17.0 Å². The number of amides is 2. The molecule has 2 amide bonds. The van der Waals surface area contributed by atoms with Crippen LogP contribution in [0.5, 0.6) is 0 Å². The number of piperazine rings is 1. The second-order valence-electron chi connectivity index (χ2n) is 5.48. The molecule has 120 valence electrons. The molecule has 2 heterocycles. The third-order valence-corrected chi connectivity index (χ3v) is 4.89. The van der Waals surface area contributed by atoms with Crippen LogP contribution in [-0.4, -0.2) is 47.8 Å². The topological polar surface area (TPSA) is 66.6 Å². The van der Waals surface area contributed by atoms with Crippen molar-refractivity contribution in [2.75, 3.05) is 26.2 Å². The molecule has 6 heteroatoms. The summed E-state index contributed by atoms with van der Waals surface area (Å²) < 4.78 is 0. The highest BCUT2D eigenvalue weighted by molar-refractivity contribution is 7.12. The van der Waals surface area contributed by atoms with Crippen LogP contribution >= 0.6 is 11.3 Å². The fraction of sp³-hybridized carbons (Fsp3) is 0.294. The first kappa shape index (κ1) is 15.7. The van der Waals surface area contributed by atoms with Crippen molar-refractivity contribution >= 4 is 23.2 Å². The van der Waals surface area contributed by atoms with E-state index in [-0.39, 0.29) is 11.8 Å². The maximum Gasteiger partial charge on any atom is 0.264 e. The van der Waals surface area contributed by atoms with Crippen molar-refractivity contribution in [2.24, 2.45) is 5.73 Å². The molecule has 1 aromatic heterocycles. The number of nitrogens with two attached hydrogens (primary N) is 1. The molecule has 0 saturated carbocycles. The van der Waals surface area contributed by atoms with Crippen molar-refractivity contribution in [1.29, 1.82) is 0 Å². The van der Waals surface area contributed by atoms with E-state index in [1.54, 1.807) is 9.80 Å². The van der Waals surface area contributed by atoms with Gasteiger partial charge in [-0.15, -0.1) is 11.3 Å². The molecule has 1 aliphatic rings. The minimum atomic E-state index is -0.643. The molecular formula is C17H19N3O2S. The van der Waals surface area contributed by atoms with Gasteiger partial charge in [0.1, 0.15) is 6.04 Å². The van der Waals surface area contributed by atoms with Gasteiger partial charge >= 0.3 is 0 Å². The van der Waals surface area contributed by atoms with Gasteiger partial charge in [-0.1, -0.05) is 36.4 Å². The summed E-state index contributed by atoms with van der Waals surface area (Å²) in [5, 5.41) is 1.89. The van der Waals surface area contributed by atoms with Crippen LogP contribution < -0.4 is 5.73 Å². The Hall–Kier alpha value is -2.18. The minimum Gasteiger partial charge on any atom is -0.337 e. The number of nitrogens with zero attached hydrogens (tertiary/aromatic N) is 2. The monoisotopic (exact) mass is 329 g/mol. The summed E-state index contributed by atoms with van der Waals surface area (Å²) in [4.78, 5) is 29.1. The number of thiophene rings is 1. The normalized spacial score (nSPS) is 16.2. The SMILES string of the molecule is NC(C(=O)N1CCN(C(=O)c2cccs2)CC1)c1ccccc1. The van der Waals surface area contributed by atoms with E-state index in [1.165, 1.54) is 11.3 Å². The molecule has 0 spiro atoms. The highest BCUT2D eigenvalue weighted by Gasteiger charge is 2.28. The molecule has 1 unspecified atom stereocenters. The Balaban J connectivity index is 1.58. The van der Waals surface area contributed by atoms with E-state index in [4.69, 9.17) is 5.73 Å². The fourth-order valence-electron chi connectivity index (χ4n) is 2.69. The number of benzene rings is 1. The van der Waals surface area contributed by atoms with Crippen LogP contribution in [0, 0.1) is 0 Å². The molecule has 1 aliphatic heterocycles. The summed E-state index contributed by atoms with van der Waals surface area (Å²) in [5.41, 5.74) is 6.89. The average molecular weight is 329 g/mol. The highest BCUT2D eigenvalue weighted by atomic mass is 32.1. The zero-order valence-corrected chi connectivity index (χ0v) is 13.5. The zero-order valence-electron chi connectivity index (χ0n) is 12.7. The van der Waals surface area contributed by atoms with E-state index in [0.717, 1.165) is 10.4 Å². The standard InChI is InChI=1S/C17H19N3O2S/c18-15(13-5-2-1-3-6-13)17(22)20-10-8-19(9-11-20)16(21)14-7-4-12-23-14/h1-7,12,15H,8-11,18H2. The lowest BCUT2D eigenvalue weighted by Gasteiger charge is -2.35.